The van der Waals surface area contributed by atoms with Gasteiger partial charge in [-0.15, -0.1) is 24.0 Å². The van der Waals surface area contributed by atoms with Crippen LogP contribution in [0.1, 0.15) is 31.0 Å². The molecule has 1 N–H and O–H groups in total. The van der Waals surface area contributed by atoms with Gasteiger partial charge in [-0.05, 0) is 45.0 Å². The normalized spacial score (nSPS) is 17.4. The SMILES string of the molecule is CCN1CCCC1CN(C)C(=NC)NCc1coc(-c2ccc(C)cc2)n1.I. The van der Waals surface area contributed by atoms with Crippen LogP contribution < -0.4 is 5.32 Å². The summed E-state index contributed by atoms with van der Waals surface area (Å²) in [6, 6.07) is 8.81. The second kappa shape index (κ2) is 10.8. The summed E-state index contributed by atoms with van der Waals surface area (Å²) in [5, 5.41) is 3.40. The molecular formula is C21H32IN5O. The fourth-order valence-electron chi connectivity index (χ4n) is 3.69. The monoisotopic (exact) mass is 497 g/mol. The molecule has 3 rings (SSSR count). The molecule has 1 saturated heterocycles. The van der Waals surface area contributed by atoms with Gasteiger partial charge in [-0.2, -0.15) is 0 Å². The van der Waals surface area contributed by atoms with Gasteiger partial charge in [-0.1, -0.05) is 24.6 Å². The number of likely N-dealkylation sites (N-methyl/N-ethyl adjacent to an activating group) is 2. The smallest absolute Gasteiger partial charge is 0.226 e. The summed E-state index contributed by atoms with van der Waals surface area (Å²) in [4.78, 5) is 13.8. The molecule has 2 aromatic rings. The van der Waals surface area contributed by atoms with Crippen LogP contribution in [-0.2, 0) is 6.54 Å². The van der Waals surface area contributed by atoms with E-state index in [0.717, 1.165) is 30.3 Å². The number of oxazole rings is 1. The summed E-state index contributed by atoms with van der Waals surface area (Å²) < 4.78 is 5.64. The maximum atomic E-state index is 5.64. The van der Waals surface area contributed by atoms with Gasteiger partial charge < -0.3 is 14.6 Å². The van der Waals surface area contributed by atoms with Crippen LogP contribution in [0, 0.1) is 6.92 Å². The highest BCUT2D eigenvalue weighted by molar-refractivity contribution is 14.0. The van der Waals surface area contributed by atoms with Gasteiger partial charge in [0.2, 0.25) is 5.89 Å². The van der Waals surface area contributed by atoms with E-state index in [0.29, 0.717) is 18.5 Å². The standard InChI is InChI=1S/C21H31N5O.HI/c1-5-26-12-6-7-19(26)14-25(4)21(22-3)23-13-18-15-27-20(24-18)17-10-8-16(2)9-11-17;/h8-11,15,19H,5-7,12-14H2,1-4H3,(H,22,23);1H. The average Bonchev–Trinajstić information content (AvgIpc) is 3.32. The molecule has 0 aliphatic carbocycles. The number of rotatable bonds is 6. The van der Waals surface area contributed by atoms with Crippen molar-refractivity contribution >= 4 is 29.9 Å². The van der Waals surface area contributed by atoms with Gasteiger partial charge in [0.15, 0.2) is 5.96 Å². The van der Waals surface area contributed by atoms with Gasteiger partial charge in [-0.25, -0.2) is 4.98 Å². The van der Waals surface area contributed by atoms with Gasteiger partial charge in [0.1, 0.15) is 6.26 Å². The van der Waals surface area contributed by atoms with Crippen molar-refractivity contribution in [1.82, 2.24) is 20.1 Å². The number of benzene rings is 1. The van der Waals surface area contributed by atoms with Crippen molar-refractivity contribution in [2.75, 3.05) is 33.7 Å². The third-order valence-electron chi connectivity index (χ3n) is 5.24. The molecule has 6 nitrogen and oxygen atoms in total. The molecule has 0 spiro atoms. The number of hydrogen-bond donors (Lipinski definition) is 1. The lowest BCUT2D eigenvalue weighted by molar-refractivity contribution is 0.232. The first-order chi connectivity index (χ1) is 13.1. The number of aryl methyl sites for hydroxylation is 1. The molecule has 0 radical (unpaired) electrons. The van der Waals surface area contributed by atoms with E-state index >= 15 is 0 Å². The van der Waals surface area contributed by atoms with Crippen LogP contribution in [0.2, 0.25) is 0 Å². The Kier molecular flexibility index (Phi) is 8.75. The number of hydrogen-bond acceptors (Lipinski definition) is 4. The quantitative estimate of drug-likeness (QED) is 0.374. The summed E-state index contributed by atoms with van der Waals surface area (Å²) in [6.45, 7) is 8.21. The first-order valence-corrected chi connectivity index (χ1v) is 9.78. The van der Waals surface area contributed by atoms with Crippen molar-refractivity contribution < 1.29 is 4.42 Å². The van der Waals surface area contributed by atoms with Crippen molar-refractivity contribution in [3.05, 3.63) is 41.8 Å². The van der Waals surface area contributed by atoms with Crippen LogP contribution >= 0.6 is 24.0 Å². The molecule has 1 unspecified atom stereocenters. The Morgan fingerprint density at radius 3 is 2.79 bits per heavy atom. The van der Waals surface area contributed by atoms with Crippen LogP contribution in [0.3, 0.4) is 0 Å². The second-order valence-corrected chi connectivity index (χ2v) is 7.22. The van der Waals surface area contributed by atoms with E-state index in [1.807, 2.05) is 19.2 Å². The lowest BCUT2D eigenvalue weighted by atomic mass is 10.1. The number of nitrogens with zero attached hydrogens (tertiary/aromatic N) is 4. The lowest BCUT2D eigenvalue weighted by Gasteiger charge is -2.29. The molecule has 7 heteroatoms. The highest BCUT2D eigenvalue weighted by Crippen LogP contribution is 2.19. The number of aromatic nitrogens is 1. The van der Waals surface area contributed by atoms with Crippen molar-refractivity contribution in [3.63, 3.8) is 0 Å². The predicted octanol–water partition coefficient (Wildman–Crippen LogP) is 3.76. The fourth-order valence-corrected chi connectivity index (χ4v) is 3.69. The Morgan fingerprint density at radius 2 is 2.11 bits per heavy atom. The summed E-state index contributed by atoms with van der Waals surface area (Å²) in [6.07, 6.45) is 4.27. The van der Waals surface area contributed by atoms with Gasteiger partial charge in [0.25, 0.3) is 0 Å². The predicted molar refractivity (Wildman–Crippen MR) is 125 cm³/mol. The molecule has 28 heavy (non-hydrogen) atoms. The van der Waals surface area contributed by atoms with Crippen LogP contribution in [0.25, 0.3) is 11.5 Å². The van der Waals surface area contributed by atoms with E-state index in [1.165, 1.54) is 24.9 Å². The Bertz CT molecular complexity index is 758. The highest BCUT2D eigenvalue weighted by Gasteiger charge is 2.25. The van der Waals surface area contributed by atoms with E-state index in [2.05, 4.69) is 58.1 Å². The minimum atomic E-state index is 0. The minimum Gasteiger partial charge on any atom is -0.444 e. The Labute approximate surface area is 185 Å². The van der Waals surface area contributed by atoms with Gasteiger partial charge in [-0.3, -0.25) is 9.89 Å². The second-order valence-electron chi connectivity index (χ2n) is 7.22. The zero-order valence-electron chi connectivity index (χ0n) is 17.3. The van der Waals surface area contributed by atoms with Crippen molar-refractivity contribution in [2.45, 2.75) is 39.3 Å². The van der Waals surface area contributed by atoms with Gasteiger partial charge in [0, 0.05) is 32.2 Å². The van der Waals surface area contributed by atoms with E-state index < -0.39 is 0 Å². The van der Waals surface area contributed by atoms with Crippen LogP contribution in [0.15, 0.2) is 39.9 Å². The van der Waals surface area contributed by atoms with Crippen molar-refractivity contribution in [1.29, 1.82) is 0 Å². The van der Waals surface area contributed by atoms with E-state index in [4.69, 9.17) is 4.42 Å². The molecule has 2 heterocycles. The number of halogens is 1. The zero-order valence-corrected chi connectivity index (χ0v) is 19.6. The Balaban J connectivity index is 0.00000280. The highest BCUT2D eigenvalue weighted by atomic mass is 127. The summed E-state index contributed by atoms with van der Waals surface area (Å²) in [7, 11) is 3.92. The molecule has 0 amide bonds. The van der Waals surface area contributed by atoms with Crippen LogP contribution in [0.5, 0.6) is 0 Å². The molecule has 0 saturated carbocycles. The first-order valence-electron chi connectivity index (χ1n) is 9.78. The number of likely N-dealkylation sites (tertiary alicyclic amines) is 1. The maximum Gasteiger partial charge on any atom is 0.226 e. The number of guanidine groups is 1. The molecular weight excluding hydrogens is 465 g/mol. The van der Waals surface area contributed by atoms with Crippen LogP contribution in [-0.4, -0.2) is 60.5 Å². The molecule has 1 aliphatic heterocycles. The summed E-state index contributed by atoms with van der Waals surface area (Å²) >= 11 is 0. The summed E-state index contributed by atoms with van der Waals surface area (Å²) in [5.74, 6) is 1.54. The molecule has 1 aliphatic rings. The maximum absolute atomic E-state index is 5.64. The van der Waals surface area contributed by atoms with E-state index in [9.17, 15) is 0 Å². The molecule has 1 aromatic heterocycles. The zero-order chi connectivity index (χ0) is 19.2. The minimum absolute atomic E-state index is 0. The molecule has 0 bridgehead atoms. The van der Waals surface area contributed by atoms with Gasteiger partial charge in [0.05, 0.1) is 12.2 Å². The van der Waals surface area contributed by atoms with Gasteiger partial charge >= 0.3 is 0 Å². The fraction of sp³-hybridized carbons (Fsp3) is 0.524. The number of nitrogens with one attached hydrogen (secondary N) is 1. The van der Waals surface area contributed by atoms with Crippen LogP contribution in [0.4, 0.5) is 0 Å². The summed E-state index contributed by atoms with van der Waals surface area (Å²) in [5.41, 5.74) is 3.09. The topological polar surface area (TPSA) is 56.9 Å². The third kappa shape index (κ3) is 5.70. The molecule has 1 aromatic carbocycles. The largest absolute Gasteiger partial charge is 0.444 e. The average molecular weight is 497 g/mol. The third-order valence-corrected chi connectivity index (χ3v) is 5.24. The lowest BCUT2D eigenvalue weighted by Crippen LogP contribution is -2.45. The van der Waals surface area contributed by atoms with Crippen molar-refractivity contribution in [3.8, 4) is 11.5 Å². The number of aliphatic imine (C=N–C) groups is 1. The first kappa shape index (κ1) is 22.7. The molecule has 1 atom stereocenters. The Morgan fingerprint density at radius 1 is 1.36 bits per heavy atom. The molecule has 1 fully saturated rings. The Hall–Kier alpha value is -1.61. The van der Waals surface area contributed by atoms with E-state index in [-0.39, 0.29) is 24.0 Å². The van der Waals surface area contributed by atoms with Crippen molar-refractivity contribution in [2.24, 2.45) is 4.99 Å². The van der Waals surface area contributed by atoms with E-state index in [1.54, 1.807) is 6.26 Å². The molecule has 154 valence electrons.